The highest BCUT2D eigenvalue weighted by Crippen LogP contribution is 2.30. The van der Waals surface area contributed by atoms with Crippen LogP contribution in [0.1, 0.15) is 30.9 Å². The summed E-state index contributed by atoms with van der Waals surface area (Å²) in [7, 11) is 0. The van der Waals surface area contributed by atoms with E-state index in [-0.39, 0.29) is 24.2 Å². The summed E-state index contributed by atoms with van der Waals surface area (Å²) in [6.07, 6.45) is 0.216. The van der Waals surface area contributed by atoms with E-state index >= 15 is 0 Å². The quantitative estimate of drug-likeness (QED) is 0.638. The number of halogens is 2. The van der Waals surface area contributed by atoms with Crippen LogP contribution in [0.3, 0.4) is 0 Å². The number of hydrogen-bond donors (Lipinski definition) is 1. The van der Waals surface area contributed by atoms with E-state index in [1.54, 1.807) is 18.2 Å². The van der Waals surface area contributed by atoms with Gasteiger partial charge < -0.3 is 4.42 Å². The lowest BCUT2D eigenvalue weighted by Gasteiger charge is -2.06. The topological polar surface area (TPSA) is 68.0 Å². The summed E-state index contributed by atoms with van der Waals surface area (Å²) < 4.78 is 5.47. The number of nitrogens with zero attached hydrogens (tertiary/aromatic N) is 2. The Labute approximate surface area is 161 Å². The molecule has 0 aliphatic rings. The summed E-state index contributed by atoms with van der Waals surface area (Å²) in [6.45, 7) is 4.25. The molecule has 0 spiro atoms. The van der Waals surface area contributed by atoms with Crippen LogP contribution in [0.25, 0.3) is 11.5 Å². The number of anilines is 1. The zero-order valence-corrected chi connectivity index (χ0v) is 15.8. The summed E-state index contributed by atoms with van der Waals surface area (Å²) in [5.41, 5.74) is 2.65. The molecule has 2 aromatic carbocycles. The smallest absolute Gasteiger partial charge is 0.322 e. The molecule has 1 heterocycles. The molecular weight excluding hydrogens is 373 g/mol. The third kappa shape index (κ3) is 4.42. The average molecular weight is 390 g/mol. The minimum absolute atomic E-state index is 0.0137. The predicted molar refractivity (Wildman–Crippen MR) is 103 cm³/mol. The van der Waals surface area contributed by atoms with Gasteiger partial charge in [-0.2, -0.15) is 0 Å². The van der Waals surface area contributed by atoms with Crippen molar-refractivity contribution in [1.82, 2.24) is 10.2 Å². The Hall–Kier alpha value is -2.37. The Morgan fingerprint density at radius 3 is 2.54 bits per heavy atom. The summed E-state index contributed by atoms with van der Waals surface area (Å²) in [5.74, 6) is 0.400. The monoisotopic (exact) mass is 389 g/mol. The number of rotatable bonds is 5. The Balaban J connectivity index is 1.67. The van der Waals surface area contributed by atoms with Gasteiger partial charge in [0.2, 0.25) is 5.91 Å². The third-order valence-electron chi connectivity index (χ3n) is 3.84. The van der Waals surface area contributed by atoms with Crippen molar-refractivity contribution in [3.63, 3.8) is 0 Å². The normalized spacial score (nSPS) is 11.0. The van der Waals surface area contributed by atoms with Crippen molar-refractivity contribution in [2.45, 2.75) is 26.2 Å². The van der Waals surface area contributed by atoms with E-state index < -0.39 is 0 Å². The van der Waals surface area contributed by atoms with Gasteiger partial charge >= 0.3 is 6.01 Å². The van der Waals surface area contributed by atoms with Crippen LogP contribution >= 0.6 is 23.2 Å². The first-order chi connectivity index (χ1) is 12.4. The summed E-state index contributed by atoms with van der Waals surface area (Å²) in [4.78, 5) is 12.2. The van der Waals surface area contributed by atoms with Crippen LogP contribution in [0.15, 0.2) is 46.9 Å². The van der Waals surface area contributed by atoms with Gasteiger partial charge in [-0.3, -0.25) is 10.1 Å². The minimum atomic E-state index is -0.241. The number of nitrogens with one attached hydrogen (secondary N) is 1. The number of hydrogen-bond acceptors (Lipinski definition) is 4. The summed E-state index contributed by atoms with van der Waals surface area (Å²) in [5, 5.41) is 11.3. The Morgan fingerprint density at radius 2 is 1.85 bits per heavy atom. The number of carbonyl (C=O) groups excluding carboxylic acids is 1. The van der Waals surface area contributed by atoms with Crippen LogP contribution in [0.2, 0.25) is 10.0 Å². The molecule has 1 amide bonds. The molecule has 134 valence electrons. The van der Waals surface area contributed by atoms with E-state index in [1.807, 2.05) is 24.3 Å². The lowest BCUT2D eigenvalue weighted by atomic mass is 10.0. The van der Waals surface area contributed by atoms with Crippen molar-refractivity contribution in [3.8, 4) is 11.5 Å². The molecule has 26 heavy (non-hydrogen) atoms. The lowest BCUT2D eigenvalue weighted by Crippen LogP contribution is -2.14. The van der Waals surface area contributed by atoms with E-state index in [4.69, 9.17) is 27.6 Å². The van der Waals surface area contributed by atoms with Crippen molar-refractivity contribution in [2.24, 2.45) is 0 Å². The molecule has 0 aliphatic carbocycles. The van der Waals surface area contributed by atoms with Crippen LogP contribution in [-0.2, 0) is 11.2 Å². The number of amides is 1. The first-order valence-electron chi connectivity index (χ1n) is 8.10. The van der Waals surface area contributed by atoms with Crippen LogP contribution in [0, 0.1) is 0 Å². The average Bonchev–Trinajstić information content (AvgIpc) is 3.05. The van der Waals surface area contributed by atoms with Crippen molar-refractivity contribution >= 4 is 35.1 Å². The van der Waals surface area contributed by atoms with E-state index in [1.165, 1.54) is 5.56 Å². The van der Waals surface area contributed by atoms with Gasteiger partial charge in [-0.05, 0) is 35.2 Å². The number of benzene rings is 2. The van der Waals surface area contributed by atoms with Gasteiger partial charge in [-0.25, -0.2) is 0 Å². The molecule has 5 nitrogen and oxygen atoms in total. The zero-order valence-electron chi connectivity index (χ0n) is 14.3. The van der Waals surface area contributed by atoms with Crippen LogP contribution in [-0.4, -0.2) is 16.1 Å². The molecule has 0 aliphatic heterocycles. The SMILES string of the molecule is CC(C)c1ccc(CC(=O)Nc2nnc(-c3cc(Cl)ccc3Cl)o2)cc1. The molecule has 0 unspecified atom stereocenters. The molecule has 0 atom stereocenters. The van der Waals surface area contributed by atoms with Crippen molar-refractivity contribution < 1.29 is 9.21 Å². The van der Waals surface area contributed by atoms with Crippen LogP contribution in [0.5, 0.6) is 0 Å². The second-order valence-electron chi connectivity index (χ2n) is 6.16. The van der Waals surface area contributed by atoms with Gasteiger partial charge in [0.25, 0.3) is 5.89 Å². The van der Waals surface area contributed by atoms with Crippen LogP contribution in [0.4, 0.5) is 6.01 Å². The van der Waals surface area contributed by atoms with E-state index in [0.29, 0.717) is 21.5 Å². The molecule has 0 saturated carbocycles. The molecule has 3 rings (SSSR count). The second kappa shape index (κ2) is 7.89. The molecule has 3 aromatic rings. The maximum absolute atomic E-state index is 12.2. The molecule has 1 aromatic heterocycles. The van der Waals surface area contributed by atoms with Crippen molar-refractivity contribution in [2.75, 3.05) is 5.32 Å². The van der Waals surface area contributed by atoms with E-state index in [2.05, 4.69) is 29.4 Å². The van der Waals surface area contributed by atoms with E-state index in [0.717, 1.165) is 5.56 Å². The second-order valence-corrected chi connectivity index (χ2v) is 7.00. The molecular formula is C19H17Cl2N3O2. The minimum Gasteiger partial charge on any atom is -0.403 e. The van der Waals surface area contributed by atoms with Gasteiger partial charge in [0.1, 0.15) is 0 Å². The van der Waals surface area contributed by atoms with Gasteiger partial charge in [0.05, 0.1) is 17.0 Å². The number of aromatic nitrogens is 2. The molecule has 0 radical (unpaired) electrons. The molecule has 0 saturated heterocycles. The summed E-state index contributed by atoms with van der Waals surface area (Å²) in [6, 6.07) is 12.9. The maximum atomic E-state index is 12.2. The molecule has 0 bridgehead atoms. The van der Waals surface area contributed by atoms with Crippen molar-refractivity contribution in [3.05, 3.63) is 63.6 Å². The van der Waals surface area contributed by atoms with Crippen molar-refractivity contribution in [1.29, 1.82) is 0 Å². The fourth-order valence-electron chi connectivity index (χ4n) is 2.41. The Kier molecular flexibility index (Phi) is 5.59. The first kappa shape index (κ1) is 18.4. The molecule has 1 N–H and O–H groups in total. The van der Waals surface area contributed by atoms with Gasteiger partial charge in [-0.15, -0.1) is 5.10 Å². The largest absolute Gasteiger partial charge is 0.403 e. The highest BCUT2D eigenvalue weighted by Gasteiger charge is 2.14. The lowest BCUT2D eigenvalue weighted by molar-refractivity contribution is -0.115. The zero-order chi connectivity index (χ0) is 18.7. The van der Waals surface area contributed by atoms with E-state index in [9.17, 15) is 4.79 Å². The third-order valence-corrected chi connectivity index (χ3v) is 4.41. The Morgan fingerprint density at radius 1 is 1.12 bits per heavy atom. The first-order valence-corrected chi connectivity index (χ1v) is 8.85. The molecule has 0 fully saturated rings. The fourth-order valence-corrected chi connectivity index (χ4v) is 2.78. The number of carbonyl (C=O) groups is 1. The van der Waals surface area contributed by atoms with Gasteiger partial charge in [0.15, 0.2) is 0 Å². The maximum Gasteiger partial charge on any atom is 0.322 e. The Bertz CT molecular complexity index is 921. The van der Waals surface area contributed by atoms with Gasteiger partial charge in [0, 0.05) is 5.02 Å². The highest BCUT2D eigenvalue weighted by atomic mass is 35.5. The standard InChI is InChI=1S/C19H17Cl2N3O2/c1-11(2)13-5-3-12(4-6-13)9-17(25)22-19-24-23-18(26-19)15-10-14(20)7-8-16(15)21/h3-8,10-11H,9H2,1-2H3,(H,22,24,25). The van der Waals surface area contributed by atoms with Crippen LogP contribution < -0.4 is 5.32 Å². The van der Waals surface area contributed by atoms with Gasteiger partial charge in [-0.1, -0.05) is 66.4 Å². The summed E-state index contributed by atoms with van der Waals surface area (Å²) >= 11 is 12.1. The molecule has 7 heteroatoms. The predicted octanol–water partition coefficient (Wildman–Crippen LogP) is 5.35. The highest BCUT2D eigenvalue weighted by molar-refractivity contribution is 6.35. The fraction of sp³-hybridized carbons (Fsp3) is 0.211.